The number of alkyl halides is 3. The van der Waals surface area contributed by atoms with E-state index in [1.807, 2.05) is 0 Å². The highest BCUT2D eigenvalue weighted by atomic mass is 19.4. The number of aldehydes is 1. The summed E-state index contributed by atoms with van der Waals surface area (Å²) in [6, 6.07) is 14.9. The number of nitrogens with two attached hydrogens (primary N) is 1. The van der Waals surface area contributed by atoms with Crippen LogP contribution in [0.15, 0.2) is 72.8 Å². The number of carbonyl (C=O) groups is 2. The van der Waals surface area contributed by atoms with Crippen LogP contribution in [0.1, 0.15) is 37.9 Å². The van der Waals surface area contributed by atoms with Crippen LogP contribution in [0.4, 0.5) is 23.4 Å². The van der Waals surface area contributed by atoms with Crippen molar-refractivity contribution in [3.63, 3.8) is 0 Å². The van der Waals surface area contributed by atoms with Crippen LogP contribution in [-0.2, 0) is 6.54 Å². The molecule has 1 aromatic heterocycles. The smallest absolute Gasteiger partial charge is 0.415 e. The number of ether oxygens (including phenoxy) is 1. The average Bonchev–Trinajstić information content (AvgIpc) is 3.22. The number of rotatable bonds is 8. The third-order valence-electron chi connectivity index (χ3n) is 5.86. The highest BCUT2D eigenvalue weighted by Crippen LogP contribution is 2.39. The summed E-state index contributed by atoms with van der Waals surface area (Å²) in [5.74, 6) is -1.35. The predicted octanol–water partition coefficient (Wildman–Crippen LogP) is 5.17. The van der Waals surface area contributed by atoms with Gasteiger partial charge in [0, 0.05) is 12.1 Å². The summed E-state index contributed by atoms with van der Waals surface area (Å²) in [4.78, 5) is 24.3. The summed E-state index contributed by atoms with van der Waals surface area (Å²) in [6.07, 6.45) is -4.36. The number of hydrogen-bond donors (Lipinski definition) is 2. The summed E-state index contributed by atoms with van der Waals surface area (Å²) in [5, 5.41) is 6.74. The first-order valence-electron chi connectivity index (χ1n) is 11.3. The number of carbonyl (C=O) groups excluding carboxylic acids is 2. The van der Waals surface area contributed by atoms with E-state index in [1.54, 1.807) is 30.3 Å². The fraction of sp³-hybridized carbons (Fsp3) is 0.148. The van der Waals surface area contributed by atoms with Crippen molar-refractivity contribution in [1.29, 1.82) is 0 Å². The van der Waals surface area contributed by atoms with Gasteiger partial charge < -0.3 is 15.8 Å². The molecule has 0 bridgehead atoms. The number of anilines is 1. The molecule has 3 N–H and O–H groups in total. The third-order valence-corrected chi connectivity index (χ3v) is 5.86. The van der Waals surface area contributed by atoms with E-state index in [2.05, 4.69) is 10.4 Å². The van der Waals surface area contributed by atoms with Gasteiger partial charge in [0.1, 0.15) is 23.1 Å². The zero-order valence-electron chi connectivity index (χ0n) is 20.0. The van der Waals surface area contributed by atoms with E-state index in [-0.39, 0.29) is 34.7 Å². The van der Waals surface area contributed by atoms with Crippen molar-refractivity contribution in [2.45, 2.75) is 18.8 Å². The van der Waals surface area contributed by atoms with Crippen molar-refractivity contribution in [3.8, 4) is 17.0 Å². The molecule has 0 aliphatic heterocycles. The first kappa shape index (κ1) is 26.4. The van der Waals surface area contributed by atoms with Gasteiger partial charge in [0.15, 0.2) is 12.3 Å². The van der Waals surface area contributed by atoms with Gasteiger partial charge in [0.05, 0.1) is 18.2 Å². The van der Waals surface area contributed by atoms with Crippen LogP contribution in [0, 0.1) is 5.82 Å². The van der Waals surface area contributed by atoms with Gasteiger partial charge in [0.2, 0.25) is 0 Å². The molecular formula is C27H22F4N4O3. The summed E-state index contributed by atoms with van der Waals surface area (Å²) < 4.78 is 61.4. The number of nitrogen functional groups attached to an aromatic ring is 1. The average molecular weight is 526 g/mol. The molecule has 0 spiro atoms. The molecule has 4 rings (SSSR count). The molecule has 0 saturated carbocycles. The van der Waals surface area contributed by atoms with Gasteiger partial charge >= 0.3 is 6.18 Å². The van der Waals surface area contributed by atoms with Crippen molar-refractivity contribution in [3.05, 3.63) is 101 Å². The highest BCUT2D eigenvalue weighted by Gasteiger charge is 2.44. The maximum atomic E-state index is 14.0. The molecule has 196 valence electrons. The zero-order chi connectivity index (χ0) is 27.4. The van der Waals surface area contributed by atoms with Crippen LogP contribution in [0.2, 0.25) is 0 Å². The molecule has 11 heteroatoms. The Bertz CT molecular complexity index is 1450. The van der Waals surface area contributed by atoms with Gasteiger partial charge in [-0.3, -0.25) is 9.59 Å². The normalized spacial score (nSPS) is 12.1. The molecule has 1 heterocycles. The van der Waals surface area contributed by atoms with E-state index >= 15 is 0 Å². The van der Waals surface area contributed by atoms with E-state index in [9.17, 15) is 27.2 Å². The largest absolute Gasteiger partial charge is 0.496 e. The van der Waals surface area contributed by atoms with Gasteiger partial charge in [-0.05, 0) is 29.3 Å². The fourth-order valence-corrected chi connectivity index (χ4v) is 4.01. The predicted molar refractivity (Wildman–Crippen MR) is 132 cm³/mol. The zero-order valence-corrected chi connectivity index (χ0v) is 20.0. The Balaban J connectivity index is 1.59. The number of benzene rings is 3. The maximum absolute atomic E-state index is 14.0. The maximum Gasteiger partial charge on any atom is 0.415 e. The van der Waals surface area contributed by atoms with Crippen molar-refractivity contribution in [2.75, 3.05) is 12.8 Å². The molecule has 1 unspecified atom stereocenters. The molecule has 0 fully saturated rings. The van der Waals surface area contributed by atoms with Gasteiger partial charge in [-0.1, -0.05) is 54.6 Å². The number of nitrogens with zero attached hydrogens (tertiary/aromatic N) is 2. The first-order valence-corrected chi connectivity index (χ1v) is 11.3. The number of amides is 1. The summed E-state index contributed by atoms with van der Waals surface area (Å²) in [6.45, 7) is 0.0695. The number of halogens is 4. The first-order chi connectivity index (χ1) is 18.1. The highest BCUT2D eigenvalue weighted by molar-refractivity contribution is 5.97. The van der Waals surface area contributed by atoms with E-state index in [0.29, 0.717) is 22.1 Å². The van der Waals surface area contributed by atoms with Crippen molar-refractivity contribution in [2.24, 2.45) is 0 Å². The second-order valence-corrected chi connectivity index (χ2v) is 8.29. The number of hydrogen-bond acceptors (Lipinski definition) is 5. The van der Waals surface area contributed by atoms with Crippen LogP contribution in [-0.4, -0.2) is 35.3 Å². The monoisotopic (exact) mass is 526 g/mol. The summed E-state index contributed by atoms with van der Waals surface area (Å²) in [5.41, 5.74) is 6.72. The van der Waals surface area contributed by atoms with E-state index in [0.717, 1.165) is 6.07 Å². The fourth-order valence-electron chi connectivity index (χ4n) is 4.01. The Hall–Kier alpha value is -4.67. The second kappa shape index (κ2) is 10.8. The Morgan fingerprint density at radius 3 is 2.39 bits per heavy atom. The van der Waals surface area contributed by atoms with Gasteiger partial charge in [-0.25, -0.2) is 9.07 Å². The van der Waals surface area contributed by atoms with Crippen molar-refractivity contribution < 1.29 is 31.9 Å². The Morgan fingerprint density at radius 1 is 1.11 bits per heavy atom. The van der Waals surface area contributed by atoms with Crippen molar-refractivity contribution in [1.82, 2.24) is 15.1 Å². The van der Waals surface area contributed by atoms with E-state index in [4.69, 9.17) is 10.5 Å². The van der Waals surface area contributed by atoms with Crippen LogP contribution in [0.3, 0.4) is 0 Å². The van der Waals surface area contributed by atoms with Gasteiger partial charge in [-0.15, -0.1) is 0 Å². The third kappa shape index (κ3) is 5.36. The minimum Gasteiger partial charge on any atom is -0.496 e. The molecule has 0 radical (unpaired) electrons. The molecule has 1 amide bonds. The minimum absolute atomic E-state index is 0.0113. The standard InChI is InChI=1S/C27H22F4N4O3/c1-38-22-12-11-19(28)13-20(22)26(37)33-14-16-7-9-17(10-8-16)23-21(15-36)25(32)35(34-23)24(27(29,30)31)18-5-3-2-4-6-18/h2-13,15,24H,14,32H2,1H3,(H,33,37). The molecule has 3 aromatic carbocycles. The lowest BCUT2D eigenvalue weighted by molar-refractivity contribution is -0.158. The lowest BCUT2D eigenvalue weighted by atomic mass is 10.1. The lowest BCUT2D eigenvalue weighted by Crippen LogP contribution is -2.29. The topological polar surface area (TPSA) is 99.2 Å². The SMILES string of the molecule is COc1ccc(F)cc1C(=O)NCc1ccc(-c2nn(C(c3ccccc3)C(F)(F)F)c(N)c2C=O)cc1. The molecule has 0 saturated heterocycles. The Morgan fingerprint density at radius 2 is 1.79 bits per heavy atom. The number of aromatic nitrogens is 2. The second-order valence-electron chi connectivity index (χ2n) is 8.29. The van der Waals surface area contributed by atoms with E-state index in [1.165, 1.54) is 43.5 Å². The summed E-state index contributed by atoms with van der Waals surface area (Å²) in [7, 11) is 1.36. The quantitative estimate of drug-likeness (QED) is 0.244. The Kier molecular flexibility index (Phi) is 7.47. The molecular weight excluding hydrogens is 504 g/mol. The van der Waals surface area contributed by atoms with Crippen LogP contribution < -0.4 is 15.8 Å². The molecule has 0 aliphatic rings. The lowest BCUT2D eigenvalue weighted by Gasteiger charge is -2.22. The van der Waals surface area contributed by atoms with Crippen LogP contribution >= 0.6 is 0 Å². The van der Waals surface area contributed by atoms with Crippen LogP contribution in [0.5, 0.6) is 5.75 Å². The minimum atomic E-state index is -4.73. The van der Waals surface area contributed by atoms with E-state index < -0.39 is 29.8 Å². The molecule has 4 aromatic rings. The summed E-state index contributed by atoms with van der Waals surface area (Å²) >= 11 is 0. The van der Waals surface area contributed by atoms with Gasteiger partial charge in [0.25, 0.3) is 5.91 Å². The molecule has 38 heavy (non-hydrogen) atoms. The van der Waals surface area contributed by atoms with Crippen molar-refractivity contribution >= 4 is 18.0 Å². The van der Waals surface area contributed by atoms with Gasteiger partial charge in [-0.2, -0.15) is 18.3 Å². The van der Waals surface area contributed by atoms with Crippen LogP contribution in [0.25, 0.3) is 11.3 Å². The number of nitrogens with one attached hydrogen (secondary N) is 1. The number of methoxy groups -OCH3 is 1. The molecule has 7 nitrogen and oxygen atoms in total. The molecule has 0 aliphatic carbocycles. The Labute approximate surface area is 214 Å². The molecule has 1 atom stereocenters.